The molecule has 4 heteroatoms. The number of hydrogen-bond acceptors (Lipinski definition) is 4. The maximum Gasteiger partial charge on any atom is 0.115 e. The highest BCUT2D eigenvalue weighted by Crippen LogP contribution is 1.88. The molecule has 0 amide bonds. The van der Waals surface area contributed by atoms with Crippen molar-refractivity contribution >= 4 is 6.21 Å². The van der Waals surface area contributed by atoms with Crippen molar-refractivity contribution in [2.75, 3.05) is 0 Å². The first-order chi connectivity index (χ1) is 4.93. The summed E-state index contributed by atoms with van der Waals surface area (Å²) in [5, 5.41) is 10.9. The first-order valence-corrected chi connectivity index (χ1v) is 2.84. The van der Waals surface area contributed by atoms with Gasteiger partial charge >= 0.3 is 0 Å². The number of hydrogen-bond donors (Lipinski definition) is 1. The number of rotatable bonds is 2. The van der Waals surface area contributed by atoms with E-state index in [9.17, 15) is 0 Å². The molecule has 0 aliphatic carbocycles. The van der Waals surface area contributed by atoms with Crippen LogP contribution in [0, 0.1) is 0 Å². The fourth-order valence-electron chi connectivity index (χ4n) is 0.573. The van der Waals surface area contributed by atoms with Crippen molar-refractivity contribution in [3.63, 3.8) is 0 Å². The van der Waals surface area contributed by atoms with E-state index in [-0.39, 0.29) is 0 Å². The topological polar surface area (TPSA) is 58.4 Å². The van der Waals surface area contributed by atoms with Gasteiger partial charge in [-0.25, -0.2) is 9.97 Å². The van der Waals surface area contributed by atoms with Crippen molar-refractivity contribution in [3.05, 3.63) is 24.3 Å². The Bertz CT molecular complexity index is 209. The lowest BCUT2D eigenvalue weighted by Gasteiger charge is -1.89. The largest absolute Gasteiger partial charge is 0.411 e. The molecule has 0 bridgehead atoms. The van der Waals surface area contributed by atoms with Gasteiger partial charge in [0.2, 0.25) is 0 Å². The quantitative estimate of drug-likeness (QED) is 0.366. The molecule has 1 heterocycles. The van der Waals surface area contributed by atoms with Crippen molar-refractivity contribution in [2.24, 2.45) is 5.16 Å². The van der Waals surface area contributed by atoms with Crippen LogP contribution >= 0.6 is 0 Å². The summed E-state index contributed by atoms with van der Waals surface area (Å²) in [7, 11) is 0. The van der Waals surface area contributed by atoms with Crippen molar-refractivity contribution in [1.29, 1.82) is 0 Å². The van der Waals surface area contributed by atoms with Crippen LogP contribution in [0.4, 0.5) is 0 Å². The second-order valence-electron chi connectivity index (χ2n) is 1.70. The fourth-order valence-corrected chi connectivity index (χ4v) is 0.573. The molecule has 10 heavy (non-hydrogen) atoms. The predicted octanol–water partition coefficient (Wildman–Crippen LogP) is 0.479. The molecule has 0 fully saturated rings. The monoisotopic (exact) mass is 137 g/mol. The molecular formula is C6H7N3O. The Morgan fingerprint density at radius 1 is 1.70 bits per heavy atom. The molecule has 1 N–H and O–H groups in total. The van der Waals surface area contributed by atoms with Gasteiger partial charge in [0.15, 0.2) is 0 Å². The van der Waals surface area contributed by atoms with Gasteiger partial charge in [0.05, 0.1) is 0 Å². The minimum atomic E-state index is 0.541. The van der Waals surface area contributed by atoms with Crippen molar-refractivity contribution in [2.45, 2.75) is 6.42 Å². The van der Waals surface area contributed by atoms with E-state index in [1.807, 2.05) is 0 Å². The average molecular weight is 137 g/mol. The second kappa shape index (κ2) is 3.55. The van der Waals surface area contributed by atoms with Crippen LogP contribution in [0.1, 0.15) is 5.69 Å². The van der Waals surface area contributed by atoms with Gasteiger partial charge in [-0.15, -0.1) is 5.16 Å². The summed E-state index contributed by atoms with van der Waals surface area (Å²) in [5.41, 5.74) is 0.841. The third-order valence-corrected chi connectivity index (χ3v) is 1.03. The Balaban J connectivity index is 2.59. The normalized spacial score (nSPS) is 10.4. The number of oxime groups is 1. The minimum Gasteiger partial charge on any atom is -0.411 e. The SMILES string of the molecule is O/N=C\Cc1ccncn1. The third-order valence-electron chi connectivity index (χ3n) is 1.03. The Hall–Kier alpha value is -1.45. The smallest absolute Gasteiger partial charge is 0.115 e. The molecule has 0 atom stereocenters. The Morgan fingerprint density at radius 2 is 2.60 bits per heavy atom. The zero-order chi connectivity index (χ0) is 7.23. The van der Waals surface area contributed by atoms with E-state index in [2.05, 4.69) is 15.1 Å². The number of aromatic nitrogens is 2. The highest BCUT2D eigenvalue weighted by molar-refractivity contribution is 5.59. The van der Waals surface area contributed by atoms with Crippen molar-refractivity contribution in [1.82, 2.24) is 9.97 Å². The summed E-state index contributed by atoms with van der Waals surface area (Å²) in [6.07, 6.45) is 5.02. The van der Waals surface area contributed by atoms with Gasteiger partial charge < -0.3 is 5.21 Å². The molecule has 0 radical (unpaired) electrons. The summed E-state index contributed by atoms with van der Waals surface area (Å²) in [6.45, 7) is 0. The van der Waals surface area contributed by atoms with Crippen LogP contribution in [0.5, 0.6) is 0 Å². The van der Waals surface area contributed by atoms with Crippen LogP contribution in [0.25, 0.3) is 0 Å². The lowest BCUT2D eigenvalue weighted by Crippen LogP contribution is -1.90. The van der Waals surface area contributed by atoms with Gasteiger partial charge in [0.1, 0.15) is 6.33 Å². The fraction of sp³-hybridized carbons (Fsp3) is 0.167. The highest BCUT2D eigenvalue weighted by Gasteiger charge is 1.87. The maximum atomic E-state index is 8.05. The second-order valence-corrected chi connectivity index (χ2v) is 1.70. The van der Waals surface area contributed by atoms with Gasteiger partial charge in [-0.05, 0) is 6.07 Å². The molecule has 0 aromatic carbocycles. The molecule has 1 aromatic heterocycles. The van der Waals surface area contributed by atoms with E-state index in [0.717, 1.165) is 5.69 Å². The van der Waals surface area contributed by atoms with Crippen LogP contribution in [0.15, 0.2) is 23.7 Å². The molecule has 0 saturated carbocycles. The van der Waals surface area contributed by atoms with E-state index >= 15 is 0 Å². The molecular weight excluding hydrogens is 130 g/mol. The Labute approximate surface area is 58.2 Å². The summed E-state index contributed by atoms with van der Waals surface area (Å²) in [5.74, 6) is 0. The maximum absolute atomic E-state index is 8.05. The molecule has 1 aromatic rings. The molecule has 4 nitrogen and oxygen atoms in total. The van der Waals surface area contributed by atoms with Gasteiger partial charge in [0, 0.05) is 24.5 Å². The Kier molecular flexibility index (Phi) is 2.37. The van der Waals surface area contributed by atoms with E-state index < -0.39 is 0 Å². The first-order valence-electron chi connectivity index (χ1n) is 2.84. The summed E-state index contributed by atoms with van der Waals surface area (Å²) in [4.78, 5) is 7.64. The zero-order valence-corrected chi connectivity index (χ0v) is 5.31. The van der Waals surface area contributed by atoms with E-state index in [0.29, 0.717) is 6.42 Å². The molecule has 0 aliphatic rings. The van der Waals surface area contributed by atoms with Crippen LogP contribution < -0.4 is 0 Å². The molecule has 0 spiro atoms. The molecule has 52 valence electrons. The van der Waals surface area contributed by atoms with Crippen LogP contribution in [-0.4, -0.2) is 21.4 Å². The molecule has 0 unspecified atom stereocenters. The standard InChI is InChI=1S/C6H7N3O/c10-9-4-2-6-1-3-7-5-8-6/h1,3-5,10H,2H2/b9-4-. The van der Waals surface area contributed by atoms with E-state index in [1.54, 1.807) is 12.3 Å². The third kappa shape index (κ3) is 1.81. The van der Waals surface area contributed by atoms with Crippen LogP contribution in [0.2, 0.25) is 0 Å². The average Bonchev–Trinajstić information content (AvgIpc) is 2.03. The van der Waals surface area contributed by atoms with E-state index in [1.165, 1.54) is 12.5 Å². The van der Waals surface area contributed by atoms with Gasteiger partial charge in [-0.2, -0.15) is 0 Å². The summed E-state index contributed by atoms with van der Waals surface area (Å²) in [6, 6.07) is 1.77. The molecule has 0 aliphatic heterocycles. The first kappa shape index (κ1) is 6.67. The van der Waals surface area contributed by atoms with Crippen molar-refractivity contribution in [3.8, 4) is 0 Å². The van der Waals surface area contributed by atoms with Gasteiger partial charge in [0.25, 0.3) is 0 Å². The lowest BCUT2D eigenvalue weighted by atomic mass is 10.3. The minimum absolute atomic E-state index is 0.541. The highest BCUT2D eigenvalue weighted by atomic mass is 16.4. The van der Waals surface area contributed by atoms with Crippen LogP contribution in [0.3, 0.4) is 0 Å². The summed E-state index contributed by atoms with van der Waals surface area (Å²) >= 11 is 0. The number of nitrogens with zero attached hydrogens (tertiary/aromatic N) is 3. The predicted molar refractivity (Wildman–Crippen MR) is 36.0 cm³/mol. The van der Waals surface area contributed by atoms with E-state index in [4.69, 9.17) is 5.21 Å². The van der Waals surface area contributed by atoms with Crippen LogP contribution in [-0.2, 0) is 6.42 Å². The lowest BCUT2D eigenvalue weighted by molar-refractivity contribution is 0.320. The molecule has 1 rings (SSSR count). The molecule has 0 saturated heterocycles. The van der Waals surface area contributed by atoms with Gasteiger partial charge in [-0.3, -0.25) is 0 Å². The van der Waals surface area contributed by atoms with Gasteiger partial charge in [-0.1, -0.05) is 0 Å². The summed E-state index contributed by atoms with van der Waals surface area (Å²) < 4.78 is 0. The van der Waals surface area contributed by atoms with Crippen molar-refractivity contribution < 1.29 is 5.21 Å². The zero-order valence-electron chi connectivity index (χ0n) is 5.31. The Morgan fingerprint density at radius 3 is 3.20 bits per heavy atom.